The van der Waals surface area contributed by atoms with Crippen LogP contribution in [-0.2, 0) is 11.3 Å². The lowest BCUT2D eigenvalue weighted by molar-refractivity contribution is -0.134. The zero-order valence-electron chi connectivity index (χ0n) is 20.7. The van der Waals surface area contributed by atoms with E-state index in [4.69, 9.17) is 9.47 Å². The van der Waals surface area contributed by atoms with Crippen LogP contribution in [0.25, 0.3) is 10.2 Å². The molecule has 0 unspecified atom stereocenters. The van der Waals surface area contributed by atoms with Crippen molar-refractivity contribution >= 4 is 33.4 Å². The van der Waals surface area contributed by atoms with Crippen molar-refractivity contribution in [3.05, 3.63) is 51.4 Å². The second-order valence-corrected chi connectivity index (χ2v) is 10.9. The van der Waals surface area contributed by atoms with Crippen molar-refractivity contribution in [3.63, 3.8) is 0 Å². The molecule has 36 heavy (non-hydrogen) atoms. The highest BCUT2D eigenvalue weighted by atomic mass is 32.1. The van der Waals surface area contributed by atoms with Crippen LogP contribution >= 0.6 is 11.3 Å². The summed E-state index contributed by atoms with van der Waals surface area (Å²) in [5.41, 5.74) is 0.262. The van der Waals surface area contributed by atoms with Crippen LogP contribution in [0.5, 0.6) is 11.5 Å². The van der Waals surface area contributed by atoms with E-state index in [9.17, 15) is 14.4 Å². The van der Waals surface area contributed by atoms with E-state index in [1.807, 2.05) is 29.2 Å². The Morgan fingerprint density at radius 2 is 1.89 bits per heavy atom. The summed E-state index contributed by atoms with van der Waals surface area (Å²) in [7, 11) is 0. The van der Waals surface area contributed by atoms with E-state index >= 15 is 0 Å². The van der Waals surface area contributed by atoms with Crippen LogP contribution in [0.2, 0.25) is 0 Å². The van der Waals surface area contributed by atoms with Crippen molar-refractivity contribution in [1.29, 1.82) is 0 Å². The van der Waals surface area contributed by atoms with Gasteiger partial charge < -0.3 is 19.7 Å². The number of nitrogens with one attached hydrogen (secondary N) is 1. The molecule has 2 aromatic heterocycles. The van der Waals surface area contributed by atoms with Gasteiger partial charge >= 0.3 is 0 Å². The highest BCUT2D eigenvalue weighted by Gasteiger charge is 2.27. The molecule has 2 aliphatic heterocycles. The summed E-state index contributed by atoms with van der Waals surface area (Å²) in [5.74, 6) is 1.83. The van der Waals surface area contributed by atoms with E-state index in [2.05, 4.69) is 24.1 Å². The minimum atomic E-state index is -0.319. The van der Waals surface area contributed by atoms with Crippen LogP contribution in [0.4, 0.5) is 0 Å². The maximum absolute atomic E-state index is 13.2. The first-order valence-corrected chi connectivity index (χ1v) is 13.0. The maximum atomic E-state index is 13.2. The van der Waals surface area contributed by atoms with Crippen LogP contribution in [0.15, 0.2) is 35.4 Å². The highest BCUT2D eigenvalue weighted by Crippen LogP contribution is 2.31. The largest absolute Gasteiger partial charge is 0.486 e. The number of thiophene rings is 1. The predicted molar refractivity (Wildman–Crippen MR) is 137 cm³/mol. The van der Waals surface area contributed by atoms with Gasteiger partial charge in [-0.1, -0.05) is 26.0 Å². The lowest BCUT2D eigenvalue weighted by atomic mass is 9.92. The summed E-state index contributed by atoms with van der Waals surface area (Å²) in [6.07, 6.45) is 2.19. The van der Waals surface area contributed by atoms with Crippen molar-refractivity contribution in [2.24, 2.45) is 11.8 Å². The van der Waals surface area contributed by atoms with Gasteiger partial charge in [-0.25, -0.2) is 4.98 Å². The highest BCUT2D eigenvalue weighted by molar-refractivity contribution is 7.20. The van der Waals surface area contributed by atoms with Gasteiger partial charge in [0.1, 0.15) is 24.1 Å². The minimum absolute atomic E-state index is 0.0570. The third-order valence-corrected chi connectivity index (χ3v) is 7.91. The molecule has 2 aliphatic rings. The molecule has 1 N–H and O–H groups in total. The summed E-state index contributed by atoms with van der Waals surface area (Å²) in [5, 5.41) is 3.27. The van der Waals surface area contributed by atoms with Crippen LogP contribution in [0.1, 0.15) is 35.5 Å². The zero-order valence-corrected chi connectivity index (χ0v) is 21.5. The quantitative estimate of drug-likeness (QED) is 0.566. The second kappa shape index (κ2) is 9.93. The molecule has 0 bridgehead atoms. The third kappa shape index (κ3) is 4.82. The summed E-state index contributed by atoms with van der Waals surface area (Å²) in [6, 6.07) is 7.41. The van der Waals surface area contributed by atoms with E-state index in [-0.39, 0.29) is 36.6 Å². The lowest BCUT2D eigenvalue weighted by Crippen LogP contribution is -2.44. The van der Waals surface area contributed by atoms with Crippen LogP contribution in [-0.4, -0.2) is 58.6 Å². The van der Waals surface area contributed by atoms with Crippen molar-refractivity contribution in [3.8, 4) is 11.5 Å². The number of ether oxygens (including phenoxy) is 2. The molecular formula is C26H30N4O5S. The topological polar surface area (TPSA) is 103 Å². The molecule has 3 atom stereocenters. The predicted octanol–water partition coefficient (Wildman–Crippen LogP) is 2.84. The van der Waals surface area contributed by atoms with Gasteiger partial charge in [-0.3, -0.25) is 19.0 Å². The molecule has 1 saturated heterocycles. The fraction of sp³-hybridized carbons (Fsp3) is 0.462. The number of rotatable bonds is 5. The average Bonchev–Trinajstić information content (AvgIpc) is 3.20. The van der Waals surface area contributed by atoms with Crippen molar-refractivity contribution in [1.82, 2.24) is 19.8 Å². The fourth-order valence-electron chi connectivity index (χ4n) is 5.05. The molecule has 10 heteroatoms. The Hall–Kier alpha value is -3.40. The fourth-order valence-corrected chi connectivity index (χ4v) is 6.11. The van der Waals surface area contributed by atoms with Gasteiger partial charge in [0.2, 0.25) is 5.91 Å². The normalized spacial score (nSPS) is 21.4. The van der Waals surface area contributed by atoms with Crippen molar-refractivity contribution in [2.45, 2.75) is 39.8 Å². The van der Waals surface area contributed by atoms with E-state index in [0.29, 0.717) is 63.7 Å². The Morgan fingerprint density at radius 1 is 1.17 bits per heavy atom. The Balaban J connectivity index is 1.28. The number of carbonyl (C=O) groups is 2. The molecule has 0 saturated carbocycles. The van der Waals surface area contributed by atoms with Crippen molar-refractivity contribution in [2.75, 3.05) is 26.2 Å². The number of hydrogen-bond donors (Lipinski definition) is 1. The number of benzene rings is 1. The number of aryl methyl sites for hydroxylation is 1. The number of aromatic nitrogens is 2. The second-order valence-electron chi connectivity index (χ2n) is 9.87. The van der Waals surface area contributed by atoms with Crippen LogP contribution < -0.4 is 20.3 Å². The van der Waals surface area contributed by atoms with E-state index in [0.717, 1.165) is 6.42 Å². The maximum Gasteiger partial charge on any atom is 0.262 e. The van der Waals surface area contributed by atoms with Crippen LogP contribution in [0, 0.1) is 18.8 Å². The van der Waals surface area contributed by atoms with Crippen LogP contribution in [0.3, 0.4) is 0 Å². The molecule has 1 aromatic carbocycles. The molecule has 0 aliphatic carbocycles. The first-order valence-electron chi connectivity index (χ1n) is 12.2. The minimum Gasteiger partial charge on any atom is -0.486 e. The molecule has 9 nitrogen and oxygen atoms in total. The van der Waals surface area contributed by atoms with E-state index in [1.54, 1.807) is 6.92 Å². The SMILES string of the molecule is Cc1c(C(=O)NC[C@@H]2COc3ccccc3O2)sc2ncn(CC(=O)N3C[C@H](C)C[C@@H](C)C3)c(=O)c12. The van der Waals surface area contributed by atoms with Gasteiger partial charge in [0.05, 0.1) is 23.1 Å². The molecular weight excluding hydrogens is 480 g/mol. The molecule has 4 heterocycles. The van der Waals surface area contributed by atoms with Gasteiger partial charge in [-0.05, 0) is 42.9 Å². The first-order chi connectivity index (χ1) is 17.3. The van der Waals surface area contributed by atoms with Gasteiger partial charge in [0, 0.05) is 13.1 Å². The summed E-state index contributed by atoms with van der Waals surface area (Å²) in [4.78, 5) is 46.3. The van der Waals surface area contributed by atoms with Gasteiger partial charge in [0.15, 0.2) is 11.5 Å². The van der Waals surface area contributed by atoms with Crippen molar-refractivity contribution < 1.29 is 19.1 Å². The number of nitrogens with zero attached hydrogens (tertiary/aromatic N) is 3. The number of carbonyl (C=O) groups excluding carboxylic acids is 2. The number of likely N-dealkylation sites (tertiary alicyclic amines) is 1. The van der Waals surface area contributed by atoms with E-state index in [1.165, 1.54) is 22.2 Å². The summed E-state index contributed by atoms with van der Waals surface area (Å²) >= 11 is 1.17. The van der Waals surface area contributed by atoms with E-state index < -0.39 is 0 Å². The number of piperidine rings is 1. The smallest absolute Gasteiger partial charge is 0.262 e. The number of hydrogen-bond acceptors (Lipinski definition) is 7. The zero-order chi connectivity index (χ0) is 25.4. The van der Waals surface area contributed by atoms with Gasteiger partial charge in [-0.2, -0.15) is 0 Å². The monoisotopic (exact) mass is 510 g/mol. The molecule has 5 rings (SSSR count). The number of fused-ring (bicyclic) bond motifs is 2. The Morgan fingerprint density at radius 3 is 2.64 bits per heavy atom. The molecule has 2 amide bonds. The third-order valence-electron chi connectivity index (χ3n) is 6.71. The number of para-hydroxylation sites is 2. The lowest BCUT2D eigenvalue weighted by Gasteiger charge is -2.35. The molecule has 3 aromatic rings. The first kappa shape index (κ1) is 24.3. The molecule has 0 spiro atoms. The Bertz CT molecular complexity index is 1360. The summed E-state index contributed by atoms with van der Waals surface area (Å²) in [6.45, 7) is 7.98. The van der Waals surface area contributed by atoms with Gasteiger partial charge in [-0.15, -0.1) is 11.3 Å². The number of amides is 2. The summed E-state index contributed by atoms with van der Waals surface area (Å²) < 4.78 is 13.0. The average molecular weight is 511 g/mol. The Labute approximate surface area is 213 Å². The molecule has 0 radical (unpaired) electrons. The Kier molecular flexibility index (Phi) is 6.70. The molecule has 190 valence electrons. The standard InChI is InChI=1S/C26H30N4O5S/c1-15-8-16(2)11-29(10-15)21(31)12-30-14-28-25-22(26(30)33)17(3)23(36-25)24(32)27-9-18-13-34-19-6-4-5-7-20(19)35-18/h4-7,14-16,18H,8-13H2,1-3H3,(H,27,32)/t15-,16-,18-/m1/s1. The van der Waals surface area contributed by atoms with Gasteiger partial charge in [0.25, 0.3) is 11.5 Å². The molecule has 1 fully saturated rings.